The van der Waals surface area contributed by atoms with E-state index in [0.717, 1.165) is 10.2 Å². The molecule has 134 valence electrons. The maximum absolute atomic E-state index is 12.8. The lowest BCUT2D eigenvalue weighted by Gasteiger charge is -2.40. The summed E-state index contributed by atoms with van der Waals surface area (Å²) in [6, 6.07) is 26.2. The minimum absolute atomic E-state index is 0.145. The van der Waals surface area contributed by atoms with Gasteiger partial charge in [0.15, 0.2) is 0 Å². The number of β-lactam (4-membered cyclic amide) rings is 1. The van der Waals surface area contributed by atoms with Gasteiger partial charge in [-0.3, -0.25) is 9.69 Å². The Morgan fingerprint density at radius 2 is 1.41 bits per heavy atom. The van der Waals surface area contributed by atoms with E-state index >= 15 is 0 Å². The van der Waals surface area contributed by atoms with Crippen molar-refractivity contribution < 1.29 is 14.3 Å². The van der Waals surface area contributed by atoms with Gasteiger partial charge >= 0.3 is 0 Å². The molecule has 0 aliphatic carbocycles. The van der Waals surface area contributed by atoms with E-state index in [-0.39, 0.29) is 5.91 Å². The topological polar surface area (TPSA) is 38.8 Å². The lowest BCUT2D eigenvalue weighted by Crippen LogP contribution is -2.57. The van der Waals surface area contributed by atoms with Crippen molar-refractivity contribution in [2.24, 2.45) is 0 Å². The van der Waals surface area contributed by atoms with Crippen LogP contribution in [0.3, 0.4) is 0 Å². The minimum atomic E-state index is -0.719. The molecule has 1 aliphatic heterocycles. The van der Waals surface area contributed by atoms with E-state index in [1.807, 2.05) is 84.9 Å². The molecule has 1 fully saturated rings. The van der Waals surface area contributed by atoms with Crippen LogP contribution in [0, 0.1) is 0 Å². The number of hydrogen-bond donors (Lipinski definition) is 0. The van der Waals surface area contributed by atoms with Gasteiger partial charge in [-0.1, -0.05) is 48.5 Å². The predicted octanol–water partition coefficient (Wildman–Crippen LogP) is 5.16. The molecule has 27 heavy (non-hydrogen) atoms. The number of carbonyl (C=O) groups excluding carboxylic acids is 1. The number of benzene rings is 3. The Balaban J connectivity index is 1.65. The number of hydrogen-bond acceptors (Lipinski definition) is 3. The standard InChI is InChI=1S/C22H16BrNO3/c23-18-13-7-8-14-19(18)24-20(15-26-16-9-3-1-4-10-16)21(22(24)25)27-17-11-5-2-6-12-17/h1-15,21H/b20-15+. The number of nitrogens with zero attached hydrogens (tertiary/aromatic N) is 1. The lowest BCUT2D eigenvalue weighted by molar-refractivity contribution is -0.128. The summed E-state index contributed by atoms with van der Waals surface area (Å²) in [7, 11) is 0. The Bertz CT molecular complexity index is 973. The van der Waals surface area contributed by atoms with Gasteiger partial charge in [-0.05, 0) is 52.3 Å². The molecule has 3 aromatic rings. The Kier molecular flexibility index (Phi) is 4.94. The molecule has 1 heterocycles. The number of ether oxygens (including phenoxy) is 2. The van der Waals surface area contributed by atoms with Crippen LogP contribution in [0.25, 0.3) is 0 Å². The van der Waals surface area contributed by atoms with Crippen LogP contribution in [-0.4, -0.2) is 12.0 Å². The van der Waals surface area contributed by atoms with Gasteiger partial charge in [-0.2, -0.15) is 0 Å². The van der Waals surface area contributed by atoms with E-state index in [0.29, 0.717) is 17.2 Å². The van der Waals surface area contributed by atoms with Crippen molar-refractivity contribution in [3.05, 3.63) is 101 Å². The van der Waals surface area contributed by atoms with E-state index in [4.69, 9.17) is 9.47 Å². The molecule has 1 amide bonds. The first kappa shape index (κ1) is 17.4. The van der Waals surface area contributed by atoms with E-state index in [9.17, 15) is 4.79 Å². The predicted molar refractivity (Wildman–Crippen MR) is 108 cm³/mol. The fourth-order valence-electron chi connectivity index (χ4n) is 2.80. The molecule has 3 aromatic carbocycles. The van der Waals surface area contributed by atoms with Crippen LogP contribution in [-0.2, 0) is 4.79 Å². The molecule has 1 aliphatic rings. The highest BCUT2D eigenvalue weighted by Gasteiger charge is 2.47. The van der Waals surface area contributed by atoms with Gasteiger partial charge in [-0.25, -0.2) is 0 Å². The zero-order chi connectivity index (χ0) is 18.6. The highest BCUT2D eigenvalue weighted by Crippen LogP contribution is 2.38. The fraction of sp³-hybridized carbons (Fsp3) is 0.0455. The van der Waals surface area contributed by atoms with E-state index in [1.165, 1.54) is 0 Å². The van der Waals surface area contributed by atoms with Gasteiger partial charge in [-0.15, -0.1) is 0 Å². The summed E-state index contributed by atoms with van der Waals surface area (Å²) in [5.41, 5.74) is 1.39. The molecule has 1 unspecified atom stereocenters. The van der Waals surface area contributed by atoms with Gasteiger partial charge in [0, 0.05) is 4.47 Å². The summed E-state index contributed by atoms with van der Waals surface area (Å²) in [4.78, 5) is 14.4. The zero-order valence-electron chi connectivity index (χ0n) is 14.3. The monoisotopic (exact) mass is 421 g/mol. The largest absolute Gasteiger partial charge is 0.474 e. The fourth-order valence-corrected chi connectivity index (χ4v) is 3.26. The summed E-state index contributed by atoms with van der Waals surface area (Å²) in [5.74, 6) is 1.18. The molecule has 4 rings (SSSR count). The summed E-state index contributed by atoms with van der Waals surface area (Å²) in [5, 5.41) is 0. The summed E-state index contributed by atoms with van der Waals surface area (Å²) in [6.45, 7) is 0. The Morgan fingerprint density at radius 1 is 0.815 bits per heavy atom. The van der Waals surface area contributed by atoms with Crippen LogP contribution in [0.4, 0.5) is 5.69 Å². The molecular formula is C22H16BrNO3. The van der Waals surface area contributed by atoms with E-state index < -0.39 is 6.10 Å². The van der Waals surface area contributed by atoms with Crippen molar-refractivity contribution in [3.8, 4) is 11.5 Å². The smallest absolute Gasteiger partial charge is 0.279 e. The molecule has 0 radical (unpaired) electrons. The third kappa shape index (κ3) is 3.59. The highest BCUT2D eigenvalue weighted by atomic mass is 79.9. The maximum Gasteiger partial charge on any atom is 0.279 e. The number of carbonyl (C=O) groups is 1. The van der Waals surface area contributed by atoms with E-state index in [1.54, 1.807) is 11.2 Å². The van der Waals surface area contributed by atoms with Gasteiger partial charge in [0.1, 0.15) is 23.5 Å². The first-order valence-electron chi connectivity index (χ1n) is 8.46. The van der Waals surface area contributed by atoms with Crippen LogP contribution in [0.2, 0.25) is 0 Å². The van der Waals surface area contributed by atoms with Crippen molar-refractivity contribution in [1.29, 1.82) is 0 Å². The number of amides is 1. The Labute approximate surface area is 165 Å². The van der Waals surface area contributed by atoms with Gasteiger partial charge in [0.05, 0.1) is 5.69 Å². The van der Waals surface area contributed by atoms with Crippen molar-refractivity contribution in [2.45, 2.75) is 6.10 Å². The quantitative estimate of drug-likeness (QED) is 0.421. The molecule has 0 bridgehead atoms. The Morgan fingerprint density at radius 3 is 2.07 bits per heavy atom. The summed E-state index contributed by atoms with van der Waals surface area (Å²) >= 11 is 3.51. The molecule has 1 saturated heterocycles. The molecule has 5 heteroatoms. The first-order valence-corrected chi connectivity index (χ1v) is 9.25. The summed E-state index contributed by atoms with van der Waals surface area (Å²) < 4.78 is 12.5. The van der Waals surface area contributed by atoms with Crippen LogP contribution >= 0.6 is 15.9 Å². The second-order valence-corrected chi connectivity index (χ2v) is 6.76. The molecule has 4 nitrogen and oxygen atoms in total. The normalized spacial score (nSPS) is 17.5. The van der Waals surface area contributed by atoms with Crippen LogP contribution in [0.5, 0.6) is 11.5 Å². The molecule has 0 aromatic heterocycles. The van der Waals surface area contributed by atoms with Gasteiger partial charge in [0.25, 0.3) is 5.91 Å². The summed E-state index contributed by atoms with van der Waals surface area (Å²) in [6.07, 6.45) is 0.854. The molecule has 0 N–H and O–H groups in total. The maximum atomic E-state index is 12.8. The second kappa shape index (κ2) is 7.68. The average Bonchev–Trinajstić information content (AvgIpc) is 2.72. The minimum Gasteiger partial charge on any atom is -0.474 e. The van der Waals surface area contributed by atoms with Crippen molar-refractivity contribution in [3.63, 3.8) is 0 Å². The molecular weight excluding hydrogens is 406 g/mol. The number of rotatable bonds is 5. The average molecular weight is 422 g/mol. The van der Waals surface area contributed by atoms with Crippen LogP contribution in [0.15, 0.2) is 101 Å². The van der Waals surface area contributed by atoms with Crippen molar-refractivity contribution in [1.82, 2.24) is 0 Å². The van der Waals surface area contributed by atoms with Gasteiger partial charge < -0.3 is 9.47 Å². The Hall–Kier alpha value is -3.05. The van der Waals surface area contributed by atoms with E-state index in [2.05, 4.69) is 15.9 Å². The number of para-hydroxylation sites is 3. The third-order valence-corrected chi connectivity index (χ3v) is 4.79. The third-order valence-electron chi connectivity index (χ3n) is 4.12. The molecule has 0 spiro atoms. The first-order chi connectivity index (χ1) is 13.2. The number of anilines is 1. The van der Waals surface area contributed by atoms with Crippen molar-refractivity contribution >= 4 is 27.5 Å². The lowest BCUT2D eigenvalue weighted by atomic mass is 10.0. The van der Waals surface area contributed by atoms with Crippen molar-refractivity contribution in [2.75, 3.05) is 4.90 Å². The second-order valence-electron chi connectivity index (χ2n) is 5.91. The van der Waals surface area contributed by atoms with Crippen LogP contribution < -0.4 is 14.4 Å². The highest BCUT2D eigenvalue weighted by molar-refractivity contribution is 9.10. The van der Waals surface area contributed by atoms with Crippen LogP contribution in [0.1, 0.15) is 0 Å². The number of halogens is 1. The van der Waals surface area contributed by atoms with Gasteiger partial charge in [0.2, 0.25) is 6.10 Å². The SMILES string of the molecule is O=C1C(Oc2ccccc2)/C(=C\Oc2ccccc2)N1c1ccccc1Br. The molecule has 1 atom stereocenters. The molecule has 0 saturated carbocycles. The zero-order valence-corrected chi connectivity index (χ0v) is 15.9.